The van der Waals surface area contributed by atoms with Crippen LogP contribution in [0, 0.1) is 5.82 Å². The number of nitrogens with one attached hydrogen (secondary N) is 1. The lowest BCUT2D eigenvalue weighted by Gasteiger charge is -2.15. The molecule has 22 heavy (non-hydrogen) atoms. The van der Waals surface area contributed by atoms with E-state index in [0.717, 1.165) is 0 Å². The molecule has 0 aliphatic carbocycles. The summed E-state index contributed by atoms with van der Waals surface area (Å²) >= 11 is 5.66. The van der Waals surface area contributed by atoms with E-state index >= 15 is 0 Å². The van der Waals surface area contributed by atoms with Crippen LogP contribution in [0.4, 0.5) is 4.39 Å². The molecule has 0 saturated heterocycles. The molecule has 0 spiro atoms. The molecule has 0 heterocycles. The van der Waals surface area contributed by atoms with Gasteiger partial charge in [0.25, 0.3) is 0 Å². The number of halogens is 2. The Morgan fingerprint density at radius 2 is 2.14 bits per heavy atom. The molecule has 0 aromatic heterocycles. The van der Waals surface area contributed by atoms with E-state index in [0.29, 0.717) is 0 Å². The summed E-state index contributed by atoms with van der Waals surface area (Å²) in [4.78, 5) is 23.4. The highest BCUT2D eigenvalue weighted by atomic mass is 35.5. The van der Waals surface area contributed by atoms with E-state index < -0.39 is 29.4 Å². The van der Waals surface area contributed by atoms with Gasteiger partial charge in [-0.25, -0.2) is 14.6 Å². The highest BCUT2D eigenvalue weighted by Gasteiger charge is 2.23. The molecule has 0 aliphatic heterocycles. The Bertz CT molecular complexity index is 566. The Morgan fingerprint density at radius 1 is 1.45 bits per heavy atom. The van der Waals surface area contributed by atoms with E-state index in [-0.39, 0.29) is 24.5 Å². The molecule has 0 fully saturated rings. The van der Waals surface area contributed by atoms with Crippen molar-refractivity contribution in [3.63, 3.8) is 0 Å². The minimum atomic E-state index is -0.845. The van der Waals surface area contributed by atoms with Crippen molar-refractivity contribution in [2.45, 2.75) is 19.3 Å². The number of amidine groups is 1. The Balaban J connectivity index is 2.85. The maximum atomic E-state index is 13.8. The molecule has 0 saturated carbocycles. The summed E-state index contributed by atoms with van der Waals surface area (Å²) in [5.74, 6) is -3.15. The van der Waals surface area contributed by atoms with Gasteiger partial charge in [-0.15, -0.1) is 16.7 Å². The minimum absolute atomic E-state index is 0.132. The fourth-order valence-electron chi connectivity index (χ4n) is 1.74. The smallest absolute Gasteiger partial charge is 0.375 e. The summed E-state index contributed by atoms with van der Waals surface area (Å²) in [6, 6.07) is 5.87. The monoisotopic (exact) mass is 329 g/mol. The number of nitrogens with two attached hydrogens (primary N) is 1. The Labute approximate surface area is 132 Å². The number of benzene rings is 1. The first-order valence-corrected chi connectivity index (χ1v) is 7.15. The Kier molecular flexibility index (Phi) is 7.31. The topological polar surface area (TPSA) is 93.8 Å². The third-order valence-corrected chi connectivity index (χ3v) is 2.98. The maximum Gasteiger partial charge on any atom is 0.375 e. The normalized spacial score (nSPS) is 12.6. The molecule has 1 aromatic rings. The van der Waals surface area contributed by atoms with Crippen molar-refractivity contribution in [3.05, 3.63) is 35.6 Å². The van der Waals surface area contributed by atoms with Gasteiger partial charge in [0.2, 0.25) is 11.7 Å². The van der Waals surface area contributed by atoms with E-state index in [4.69, 9.17) is 17.3 Å². The van der Waals surface area contributed by atoms with Gasteiger partial charge in [0.05, 0.1) is 12.5 Å². The number of rotatable bonds is 6. The van der Waals surface area contributed by atoms with Crippen LogP contribution >= 0.6 is 11.6 Å². The molecule has 8 heteroatoms. The van der Waals surface area contributed by atoms with Gasteiger partial charge < -0.3 is 10.5 Å². The molecular weight excluding hydrogens is 313 g/mol. The van der Waals surface area contributed by atoms with Crippen molar-refractivity contribution in [3.8, 4) is 0 Å². The first-order chi connectivity index (χ1) is 10.5. The van der Waals surface area contributed by atoms with Crippen LogP contribution < -0.4 is 11.2 Å². The highest BCUT2D eigenvalue weighted by Crippen LogP contribution is 2.23. The number of hydrogen-bond donors (Lipinski definition) is 2. The van der Waals surface area contributed by atoms with Gasteiger partial charge in [-0.1, -0.05) is 18.2 Å². The number of carbonyl (C=O) groups is 2. The molecule has 6 nitrogen and oxygen atoms in total. The van der Waals surface area contributed by atoms with Gasteiger partial charge in [0.1, 0.15) is 5.82 Å². The van der Waals surface area contributed by atoms with Gasteiger partial charge in [-0.05, 0) is 19.4 Å². The van der Waals surface area contributed by atoms with E-state index in [1.54, 1.807) is 13.0 Å². The lowest BCUT2D eigenvalue weighted by atomic mass is 9.95. The molecule has 3 N–H and O–H groups in total. The van der Waals surface area contributed by atoms with Gasteiger partial charge in [0, 0.05) is 11.4 Å². The van der Waals surface area contributed by atoms with Gasteiger partial charge in [-0.2, -0.15) is 0 Å². The summed E-state index contributed by atoms with van der Waals surface area (Å²) in [5, 5.41) is 3.46. The van der Waals surface area contributed by atoms with Crippen LogP contribution in [0.1, 0.15) is 24.8 Å². The molecule has 0 radical (unpaired) electrons. The van der Waals surface area contributed by atoms with Crippen LogP contribution in [-0.4, -0.2) is 30.2 Å². The van der Waals surface area contributed by atoms with Crippen molar-refractivity contribution in [1.82, 2.24) is 5.43 Å². The summed E-state index contributed by atoms with van der Waals surface area (Å²) in [6.45, 7) is 1.74. The lowest BCUT2D eigenvalue weighted by molar-refractivity contribution is -0.135. The molecule has 1 atom stereocenters. The Hall–Kier alpha value is -2.15. The average Bonchev–Trinajstić information content (AvgIpc) is 2.51. The predicted octanol–water partition coefficient (Wildman–Crippen LogP) is 1.49. The van der Waals surface area contributed by atoms with Crippen molar-refractivity contribution in [2.24, 2.45) is 10.8 Å². The second-order valence-corrected chi connectivity index (χ2v) is 4.62. The van der Waals surface area contributed by atoms with E-state index in [1.807, 2.05) is 0 Å². The number of hydrogen-bond acceptors (Lipinski definition) is 4. The molecular formula is C14H17ClFN3O3. The van der Waals surface area contributed by atoms with E-state index in [2.05, 4.69) is 15.3 Å². The van der Waals surface area contributed by atoms with Crippen molar-refractivity contribution in [1.29, 1.82) is 0 Å². The van der Waals surface area contributed by atoms with Gasteiger partial charge in [-0.3, -0.25) is 4.79 Å². The molecule has 0 aliphatic rings. The number of ether oxygens (including phenoxy) is 1. The number of esters is 1. The van der Waals surface area contributed by atoms with Gasteiger partial charge >= 0.3 is 5.97 Å². The summed E-state index contributed by atoms with van der Waals surface area (Å²) in [6.07, 6.45) is 0.211. The van der Waals surface area contributed by atoms with Crippen LogP contribution in [-0.2, 0) is 14.3 Å². The molecule has 120 valence electrons. The second kappa shape index (κ2) is 8.99. The first-order valence-electron chi connectivity index (χ1n) is 6.61. The summed E-state index contributed by atoms with van der Waals surface area (Å²) in [7, 11) is 0. The van der Waals surface area contributed by atoms with Crippen molar-refractivity contribution in [2.75, 3.05) is 12.5 Å². The fraction of sp³-hybridized carbons (Fsp3) is 0.357. The SMILES string of the molecule is CCOC(=O)/C(N)=N\NC(=O)C(CCCl)c1ccccc1F. The fourth-order valence-corrected chi connectivity index (χ4v) is 1.96. The minimum Gasteiger partial charge on any atom is -0.460 e. The molecule has 0 bridgehead atoms. The Morgan fingerprint density at radius 3 is 2.73 bits per heavy atom. The average molecular weight is 330 g/mol. The zero-order chi connectivity index (χ0) is 16.5. The summed E-state index contributed by atoms with van der Waals surface area (Å²) in [5.41, 5.74) is 7.68. The van der Waals surface area contributed by atoms with Crippen molar-refractivity contribution >= 4 is 29.3 Å². The third kappa shape index (κ3) is 5.00. The maximum absolute atomic E-state index is 13.8. The van der Waals surface area contributed by atoms with Crippen LogP contribution in [0.25, 0.3) is 0 Å². The molecule has 1 aromatic carbocycles. The number of carbonyl (C=O) groups excluding carboxylic acids is 2. The quantitative estimate of drug-likeness (QED) is 0.272. The van der Waals surface area contributed by atoms with Crippen molar-refractivity contribution < 1.29 is 18.7 Å². The molecule has 1 rings (SSSR count). The number of alkyl halides is 1. The summed E-state index contributed by atoms with van der Waals surface area (Å²) < 4.78 is 18.4. The van der Waals surface area contributed by atoms with Gasteiger partial charge in [0.15, 0.2) is 0 Å². The predicted molar refractivity (Wildman–Crippen MR) is 80.9 cm³/mol. The number of amides is 1. The highest BCUT2D eigenvalue weighted by molar-refractivity contribution is 6.34. The van der Waals surface area contributed by atoms with Crippen LogP contribution in [0.2, 0.25) is 0 Å². The van der Waals surface area contributed by atoms with Crippen LogP contribution in [0.15, 0.2) is 29.4 Å². The van der Waals surface area contributed by atoms with E-state index in [1.165, 1.54) is 18.2 Å². The largest absolute Gasteiger partial charge is 0.460 e. The third-order valence-electron chi connectivity index (χ3n) is 2.77. The zero-order valence-corrected chi connectivity index (χ0v) is 12.8. The standard InChI is InChI=1S/C14H17ClFN3O3/c1-2-22-14(21)12(17)18-19-13(20)10(7-8-15)9-5-3-4-6-11(9)16/h3-6,10H,2,7-8H2,1H3,(H2,17,18)(H,19,20). The van der Waals surface area contributed by atoms with E-state index in [9.17, 15) is 14.0 Å². The second-order valence-electron chi connectivity index (χ2n) is 4.25. The number of hydrazone groups is 1. The molecule has 1 amide bonds. The van der Waals surface area contributed by atoms with Crippen LogP contribution in [0.3, 0.4) is 0 Å². The lowest BCUT2D eigenvalue weighted by Crippen LogP contribution is -2.33. The molecule has 1 unspecified atom stereocenters. The number of nitrogens with zero attached hydrogens (tertiary/aromatic N) is 1. The van der Waals surface area contributed by atoms with Crippen LogP contribution in [0.5, 0.6) is 0 Å². The zero-order valence-electron chi connectivity index (χ0n) is 12.0. The first kappa shape index (κ1) is 17.9.